The van der Waals surface area contributed by atoms with Gasteiger partial charge >= 0.3 is 5.97 Å². The van der Waals surface area contributed by atoms with Crippen LogP contribution in [0.2, 0.25) is 5.02 Å². The van der Waals surface area contributed by atoms with Crippen molar-refractivity contribution in [2.24, 2.45) is 0 Å². The molecule has 2 heterocycles. The largest absolute Gasteiger partial charge is 0.465 e. The minimum atomic E-state index is -0.416. The molecular formula is C27H19ClN2O4. The number of oxazole rings is 1. The number of rotatable bonds is 5. The summed E-state index contributed by atoms with van der Waals surface area (Å²) in [6, 6.07) is 21.9. The molecule has 0 saturated carbocycles. The standard InChI is InChI=1S/C27H19ClN2O4/c1-33-27(32)18-9-7-17(8-10-18)15-22-24(26-29-13-14-34-26)30(20-5-3-2-4-6-20)23-16-19(28)11-12-21(23)25(22)31/h2-14,16H,15H2,1H3. The van der Waals surface area contributed by atoms with Gasteiger partial charge in [0.1, 0.15) is 12.0 Å². The van der Waals surface area contributed by atoms with E-state index in [0.29, 0.717) is 45.1 Å². The van der Waals surface area contributed by atoms with Crippen LogP contribution in [-0.2, 0) is 11.2 Å². The van der Waals surface area contributed by atoms with E-state index in [2.05, 4.69) is 4.98 Å². The van der Waals surface area contributed by atoms with E-state index in [-0.39, 0.29) is 5.43 Å². The number of hydrogen-bond donors (Lipinski definition) is 0. The Bertz CT molecular complexity index is 1540. The second-order valence-electron chi connectivity index (χ2n) is 7.69. The molecule has 5 aromatic rings. The number of para-hydroxylation sites is 1. The first-order chi connectivity index (χ1) is 16.6. The molecule has 0 fully saturated rings. The van der Waals surface area contributed by atoms with Gasteiger partial charge in [0.2, 0.25) is 5.89 Å². The first-order valence-corrected chi connectivity index (χ1v) is 10.9. The van der Waals surface area contributed by atoms with E-state index in [0.717, 1.165) is 11.3 Å². The fraction of sp³-hybridized carbons (Fsp3) is 0.0741. The number of fused-ring (bicyclic) bond motifs is 1. The molecule has 7 heteroatoms. The zero-order valence-corrected chi connectivity index (χ0v) is 19.0. The third-order valence-corrected chi connectivity index (χ3v) is 5.87. The summed E-state index contributed by atoms with van der Waals surface area (Å²) in [5.74, 6) is -0.0925. The number of ether oxygens (including phenoxy) is 1. The van der Waals surface area contributed by atoms with Gasteiger partial charge in [0.15, 0.2) is 5.43 Å². The van der Waals surface area contributed by atoms with Gasteiger partial charge in [-0.05, 0) is 48.0 Å². The predicted octanol–water partition coefficient (Wildman–Crippen LogP) is 5.68. The van der Waals surface area contributed by atoms with Crippen LogP contribution in [0.25, 0.3) is 28.2 Å². The van der Waals surface area contributed by atoms with Gasteiger partial charge in [-0.2, -0.15) is 0 Å². The van der Waals surface area contributed by atoms with Gasteiger partial charge in [-0.15, -0.1) is 0 Å². The van der Waals surface area contributed by atoms with Gasteiger partial charge in [-0.25, -0.2) is 9.78 Å². The van der Waals surface area contributed by atoms with Crippen LogP contribution in [0.3, 0.4) is 0 Å². The molecule has 5 rings (SSSR count). The predicted molar refractivity (Wildman–Crippen MR) is 131 cm³/mol. The van der Waals surface area contributed by atoms with Crippen LogP contribution in [0.4, 0.5) is 0 Å². The molecule has 168 valence electrons. The first kappa shape index (κ1) is 21.7. The van der Waals surface area contributed by atoms with Crippen molar-refractivity contribution in [1.29, 1.82) is 0 Å². The molecule has 6 nitrogen and oxygen atoms in total. The molecule has 0 radical (unpaired) electrons. The highest BCUT2D eigenvalue weighted by Crippen LogP contribution is 2.31. The van der Waals surface area contributed by atoms with Crippen molar-refractivity contribution in [2.75, 3.05) is 7.11 Å². The number of carbonyl (C=O) groups excluding carboxylic acids is 1. The number of esters is 1. The maximum Gasteiger partial charge on any atom is 0.337 e. The summed E-state index contributed by atoms with van der Waals surface area (Å²) in [7, 11) is 1.34. The van der Waals surface area contributed by atoms with Crippen LogP contribution in [0.15, 0.2) is 94.5 Å². The van der Waals surface area contributed by atoms with E-state index in [1.807, 2.05) is 47.0 Å². The van der Waals surface area contributed by atoms with E-state index >= 15 is 0 Å². The van der Waals surface area contributed by atoms with E-state index in [4.69, 9.17) is 20.8 Å². The highest BCUT2D eigenvalue weighted by molar-refractivity contribution is 6.31. The molecule has 0 spiro atoms. The second kappa shape index (κ2) is 9.00. The quantitative estimate of drug-likeness (QED) is 0.309. The minimum absolute atomic E-state index is 0.135. The summed E-state index contributed by atoms with van der Waals surface area (Å²) in [4.78, 5) is 30.0. The number of hydrogen-bond acceptors (Lipinski definition) is 5. The van der Waals surface area contributed by atoms with Gasteiger partial charge in [-0.1, -0.05) is 41.9 Å². The Morgan fingerprint density at radius 1 is 1.06 bits per heavy atom. The normalized spacial score (nSPS) is 11.0. The Labute approximate surface area is 200 Å². The zero-order valence-electron chi connectivity index (χ0n) is 18.2. The number of pyridine rings is 1. The summed E-state index contributed by atoms with van der Waals surface area (Å²) >= 11 is 6.34. The van der Waals surface area contributed by atoms with Crippen molar-refractivity contribution < 1.29 is 13.9 Å². The average Bonchev–Trinajstić information content (AvgIpc) is 3.40. The van der Waals surface area contributed by atoms with Crippen molar-refractivity contribution in [3.05, 3.63) is 117 Å². The maximum absolute atomic E-state index is 13.8. The zero-order chi connectivity index (χ0) is 23.7. The molecule has 0 unspecified atom stereocenters. The van der Waals surface area contributed by atoms with Crippen LogP contribution in [0.1, 0.15) is 21.5 Å². The highest BCUT2D eigenvalue weighted by Gasteiger charge is 2.23. The van der Waals surface area contributed by atoms with Crippen LogP contribution in [-0.4, -0.2) is 22.6 Å². The number of aromatic nitrogens is 2. The molecular weight excluding hydrogens is 452 g/mol. The summed E-state index contributed by atoms with van der Waals surface area (Å²) < 4.78 is 12.4. The molecule has 0 bridgehead atoms. The van der Waals surface area contributed by atoms with Crippen LogP contribution < -0.4 is 5.43 Å². The lowest BCUT2D eigenvalue weighted by Crippen LogP contribution is -2.18. The molecule has 2 aromatic heterocycles. The molecule has 34 heavy (non-hydrogen) atoms. The SMILES string of the molecule is COC(=O)c1ccc(Cc2c(-c3ncco3)n(-c3ccccc3)c3cc(Cl)ccc3c2=O)cc1. The lowest BCUT2D eigenvalue weighted by atomic mass is 9.98. The highest BCUT2D eigenvalue weighted by atomic mass is 35.5. The molecule has 0 amide bonds. The van der Waals surface area contributed by atoms with Gasteiger partial charge in [0.05, 0.1) is 24.4 Å². The fourth-order valence-corrected chi connectivity index (χ4v) is 4.23. The number of methoxy groups -OCH3 is 1. The number of halogens is 1. The van der Waals surface area contributed by atoms with E-state index in [1.165, 1.54) is 13.4 Å². The molecule has 0 atom stereocenters. The van der Waals surface area contributed by atoms with E-state index in [9.17, 15) is 9.59 Å². The second-order valence-corrected chi connectivity index (χ2v) is 8.13. The summed E-state index contributed by atoms with van der Waals surface area (Å²) in [6.07, 6.45) is 3.34. The molecule has 0 aliphatic rings. The Morgan fingerprint density at radius 2 is 1.82 bits per heavy atom. The summed E-state index contributed by atoms with van der Waals surface area (Å²) in [6.45, 7) is 0. The average molecular weight is 471 g/mol. The van der Waals surface area contributed by atoms with Gasteiger partial charge in [0, 0.05) is 28.1 Å². The topological polar surface area (TPSA) is 74.3 Å². The Morgan fingerprint density at radius 3 is 2.50 bits per heavy atom. The molecule has 3 aromatic carbocycles. The molecule has 0 aliphatic heterocycles. The number of carbonyl (C=O) groups is 1. The molecule has 0 aliphatic carbocycles. The van der Waals surface area contributed by atoms with E-state index < -0.39 is 5.97 Å². The van der Waals surface area contributed by atoms with Crippen LogP contribution in [0, 0.1) is 0 Å². The lowest BCUT2D eigenvalue weighted by Gasteiger charge is -2.19. The van der Waals surface area contributed by atoms with Crippen LogP contribution >= 0.6 is 11.6 Å². The third kappa shape index (κ3) is 3.89. The monoisotopic (exact) mass is 470 g/mol. The van der Waals surface area contributed by atoms with Crippen molar-refractivity contribution in [2.45, 2.75) is 6.42 Å². The number of nitrogens with zero attached hydrogens (tertiary/aromatic N) is 2. The third-order valence-electron chi connectivity index (χ3n) is 5.63. The van der Waals surface area contributed by atoms with Crippen molar-refractivity contribution in [3.63, 3.8) is 0 Å². The fourth-order valence-electron chi connectivity index (χ4n) is 4.06. The summed E-state index contributed by atoms with van der Waals surface area (Å²) in [5, 5.41) is 1.05. The first-order valence-electron chi connectivity index (χ1n) is 10.6. The smallest absolute Gasteiger partial charge is 0.337 e. The van der Waals surface area contributed by atoms with Crippen molar-refractivity contribution in [1.82, 2.24) is 9.55 Å². The Hall–Kier alpha value is -4.16. The van der Waals surface area contributed by atoms with Gasteiger partial charge in [0.25, 0.3) is 0 Å². The minimum Gasteiger partial charge on any atom is -0.465 e. The lowest BCUT2D eigenvalue weighted by molar-refractivity contribution is 0.0600. The molecule has 0 N–H and O–H groups in total. The Kier molecular flexibility index (Phi) is 5.74. The van der Waals surface area contributed by atoms with E-state index in [1.54, 1.807) is 36.5 Å². The molecule has 0 saturated heterocycles. The van der Waals surface area contributed by atoms with Crippen LogP contribution in [0.5, 0.6) is 0 Å². The van der Waals surface area contributed by atoms with Gasteiger partial charge < -0.3 is 13.7 Å². The van der Waals surface area contributed by atoms with Crippen molar-refractivity contribution in [3.8, 4) is 17.3 Å². The Balaban J connectivity index is 1.80. The summed E-state index contributed by atoms with van der Waals surface area (Å²) in [5.41, 5.74) is 3.72. The van der Waals surface area contributed by atoms with Gasteiger partial charge in [-0.3, -0.25) is 4.79 Å². The number of benzene rings is 3. The van der Waals surface area contributed by atoms with Crippen molar-refractivity contribution >= 4 is 28.5 Å². The maximum atomic E-state index is 13.8.